The Morgan fingerprint density at radius 1 is 1.00 bits per heavy atom. The number of anilines is 1. The van der Waals surface area contributed by atoms with Crippen molar-refractivity contribution in [1.29, 1.82) is 0 Å². The van der Waals surface area contributed by atoms with Gasteiger partial charge in [-0.05, 0) is 34.9 Å². The zero-order chi connectivity index (χ0) is 11.7. The number of carbonyl (C=O) groups is 2. The Morgan fingerprint density at radius 2 is 1.50 bits per heavy atom. The average molecular weight is 256 g/mol. The first-order chi connectivity index (χ1) is 7.59. The highest BCUT2D eigenvalue weighted by Crippen LogP contribution is 2.21. The molecule has 0 bridgehead atoms. The van der Waals surface area contributed by atoms with Gasteiger partial charge in [0.25, 0.3) is 11.8 Å². The van der Waals surface area contributed by atoms with Crippen molar-refractivity contribution in [2.45, 2.75) is 4.90 Å². The first-order valence-electron chi connectivity index (χ1n) is 4.34. The van der Waals surface area contributed by atoms with Gasteiger partial charge in [0, 0.05) is 12.2 Å². The van der Waals surface area contributed by atoms with Crippen LogP contribution in [0.5, 0.6) is 0 Å². The number of amides is 2. The van der Waals surface area contributed by atoms with Crippen LogP contribution >= 0.6 is 10.7 Å². The molecule has 2 amide bonds. The third-order valence-corrected chi connectivity index (χ3v) is 3.27. The maximum absolute atomic E-state index is 11.3. The molecule has 1 heterocycles. The summed E-state index contributed by atoms with van der Waals surface area (Å²) >= 11 is 0. The van der Waals surface area contributed by atoms with Gasteiger partial charge in [-0.15, -0.1) is 0 Å². The fourth-order valence-corrected chi connectivity index (χ4v) is 2.02. The van der Waals surface area contributed by atoms with Crippen LogP contribution in [0.3, 0.4) is 0 Å². The van der Waals surface area contributed by atoms with Gasteiger partial charge in [-0.1, -0.05) is 0 Å². The van der Waals surface area contributed by atoms with E-state index in [1.54, 1.807) is 0 Å². The van der Waals surface area contributed by atoms with Crippen LogP contribution in [0.2, 0.25) is 0 Å². The third-order valence-electron chi connectivity index (χ3n) is 2.09. The Balaban J connectivity index is 2.32. The second-order valence-electron chi connectivity index (χ2n) is 3.06. The van der Waals surface area contributed by atoms with Crippen LogP contribution in [0, 0.1) is 0 Å². The molecular weight excluding hydrogens is 250 g/mol. The maximum atomic E-state index is 11.3. The second kappa shape index (κ2) is 4.19. The Labute approximate surface area is 98.5 Å². The molecule has 0 aliphatic carbocycles. The number of benzene rings is 1. The molecule has 0 N–H and O–H groups in total. The van der Waals surface area contributed by atoms with Gasteiger partial charge in [0.15, 0.2) is 0 Å². The summed E-state index contributed by atoms with van der Waals surface area (Å²) in [6.45, 7) is 0. The molecule has 1 aliphatic rings. The summed E-state index contributed by atoms with van der Waals surface area (Å²) in [6, 6.07) is 6.07. The summed E-state index contributed by atoms with van der Waals surface area (Å²) in [5.41, 5.74) is 0.436. The highest BCUT2D eigenvalue weighted by Gasteiger charge is 2.24. The minimum Gasteiger partial charge on any atom is -0.269 e. The lowest BCUT2D eigenvalue weighted by atomic mass is 10.3. The van der Waals surface area contributed by atoms with E-state index < -0.39 is 10.0 Å². The summed E-state index contributed by atoms with van der Waals surface area (Å²) in [5, 5.41) is 0. The van der Waals surface area contributed by atoms with Crippen LogP contribution in [0.1, 0.15) is 0 Å². The fourth-order valence-electron chi connectivity index (χ4n) is 1.36. The lowest BCUT2D eigenvalue weighted by Crippen LogP contribution is -2.29. The summed E-state index contributed by atoms with van der Waals surface area (Å²) < 4.78 is 10.9. The Kier molecular flexibility index (Phi) is 2.89. The molecule has 6 heteroatoms. The first-order valence-corrected chi connectivity index (χ1v) is 6.31. The molecule has 0 saturated heterocycles. The number of hydrogen-bond donors (Lipinski definition) is 0. The predicted octanol–water partition coefficient (Wildman–Crippen LogP) is 1.38. The van der Waals surface area contributed by atoms with Gasteiger partial charge in [-0.3, -0.25) is 9.59 Å². The number of hydrogen-bond acceptors (Lipinski definition) is 3. The van der Waals surface area contributed by atoms with E-state index in [2.05, 4.69) is 0 Å². The van der Waals surface area contributed by atoms with E-state index >= 15 is 0 Å². The molecular formula is C10H6ClNO3S. The minimum absolute atomic E-state index is 0.384. The van der Waals surface area contributed by atoms with E-state index in [4.69, 9.17) is 10.7 Å². The molecule has 1 aromatic carbocycles. The average Bonchev–Trinajstić information content (AvgIpc) is 2.59. The van der Waals surface area contributed by atoms with Crippen molar-refractivity contribution in [1.82, 2.24) is 0 Å². The molecule has 82 valence electrons. The lowest BCUT2D eigenvalue weighted by Gasteiger charge is -2.13. The molecule has 1 aliphatic heterocycles. The van der Waals surface area contributed by atoms with E-state index in [0.29, 0.717) is 10.6 Å². The molecule has 0 aromatic heterocycles. The largest absolute Gasteiger partial charge is 0.269 e. The summed E-state index contributed by atoms with van der Waals surface area (Å²) in [4.78, 5) is 24.1. The third kappa shape index (κ3) is 1.91. The van der Waals surface area contributed by atoms with Gasteiger partial charge in [-0.25, -0.2) is 9.11 Å². The molecule has 0 spiro atoms. The number of carbonyl (C=O) groups excluding carboxylic acids is 2. The van der Waals surface area contributed by atoms with Crippen LogP contribution in [-0.4, -0.2) is 16.0 Å². The Bertz CT molecular complexity index is 491. The van der Waals surface area contributed by atoms with E-state index in [1.165, 1.54) is 36.4 Å². The van der Waals surface area contributed by atoms with Gasteiger partial charge >= 0.3 is 0 Å². The van der Waals surface area contributed by atoms with Crippen molar-refractivity contribution in [2.24, 2.45) is 0 Å². The minimum atomic E-state index is -1.59. The van der Waals surface area contributed by atoms with E-state index in [1.807, 2.05) is 0 Å². The zero-order valence-electron chi connectivity index (χ0n) is 7.92. The van der Waals surface area contributed by atoms with Crippen molar-refractivity contribution < 1.29 is 13.8 Å². The van der Waals surface area contributed by atoms with Crippen LogP contribution in [0.15, 0.2) is 41.3 Å². The molecule has 16 heavy (non-hydrogen) atoms. The topological polar surface area (TPSA) is 54.5 Å². The van der Waals surface area contributed by atoms with Crippen LogP contribution in [0.4, 0.5) is 5.69 Å². The molecule has 0 fully saturated rings. The van der Waals surface area contributed by atoms with Gasteiger partial charge in [-0.2, -0.15) is 0 Å². The standard InChI is InChI=1S/C10H6ClNO3S/c11-16(15)8-3-1-7(2-4-8)12-9(13)5-6-10(12)14/h1-6H. The first kappa shape index (κ1) is 11.0. The monoisotopic (exact) mass is 255 g/mol. The van der Waals surface area contributed by atoms with Crippen molar-refractivity contribution in [3.05, 3.63) is 36.4 Å². The summed E-state index contributed by atoms with van der Waals surface area (Å²) in [5.74, 6) is -0.769. The quantitative estimate of drug-likeness (QED) is 0.593. The van der Waals surface area contributed by atoms with E-state index in [9.17, 15) is 13.8 Å². The van der Waals surface area contributed by atoms with Crippen LogP contribution in [0.25, 0.3) is 0 Å². The molecule has 1 atom stereocenters. The lowest BCUT2D eigenvalue weighted by molar-refractivity contribution is -0.119. The van der Waals surface area contributed by atoms with Gasteiger partial charge in [0.2, 0.25) is 0 Å². The summed E-state index contributed by atoms with van der Waals surface area (Å²) in [7, 11) is 3.80. The van der Waals surface area contributed by atoms with Crippen molar-refractivity contribution in [3.8, 4) is 0 Å². The van der Waals surface area contributed by atoms with E-state index in [0.717, 1.165) is 4.90 Å². The molecule has 0 radical (unpaired) electrons. The molecule has 1 aromatic rings. The fraction of sp³-hybridized carbons (Fsp3) is 0. The smallest absolute Gasteiger partial charge is 0.258 e. The maximum Gasteiger partial charge on any atom is 0.258 e. The molecule has 2 rings (SSSR count). The highest BCUT2D eigenvalue weighted by atomic mass is 35.7. The van der Waals surface area contributed by atoms with Gasteiger partial charge in [0.05, 0.1) is 10.6 Å². The van der Waals surface area contributed by atoms with Crippen molar-refractivity contribution >= 4 is 38.2 Å². The molecule has 4 nitrogen and oxygen atoms in total. The van der Waals surface area contributed by atoms with Crippen molar-refractivity contribution in [3.63, 3.8) is 0 Å². The number of imide groups is 1. The summed E-state index contributed by atoms with van der Waals surface area (Å²) in [6.07, 6.45) is 2.41. The predicted molar refractivity (Wildman–Crippen MR) is 60.3 cm³/mol. The Morgan fingerprint density at radius 3 is 1.94 bits per heavy atom. The van der Waals surface area contributed by atoms with E-state index in [-0.39, 0.29) is 11.8 Å². The van der Waals surface area contributed by atoms with Crippen molar-refractivity contribution in [2.75, 3.05) is 4.90 Å². The normalized spacial score (nSPS) is 16.9. The number of halogens is 1. The van der Waals surface area contributed by atoms with Gasteiger partial charge < -0.3 is 0 Å². The highest BCUT2D eigenvalue weighted by molar-refractivity contribution is 8.08. The van der Waals surface area contributed by atoms with Gasteiger partial charge in [0.1, 0.15) is 10.0 Å². The Hall–Kier alpha value is -1.46. The molecule has 0 saturated carbocycles. The number of rotatable bonds is 2. The molecule has 1 unspecified atom stereocenters. The zero-order valence-corrected chi connectivity index (χ0v) is 9.49. The second-order valence-corrected chi connectivity index (χ2v) is 4.82. The number of nitrogens with zero attached hydrogens (tertiary/aromatic N) is 1. The van der Waals surface area contributed by atoms with Crippen LogP contribution in [-0.2, 0) is 19.6 Å². The van der Waals surface area contributed by atoms with Crippen LogP contribution < -0.4 is 4.90 Å². The SMILES string of the molecule is O=C1C=CC(=O)N1c1ccc(S(=O)Cl)cc1.